The third-order valence-electron chi connectivity index (χ3n) is 4.37. The predicted octanol–water partition coefficient (Wildman–Crippen LogP) is 1.95. The van der Waals surface area contributed by atoms with E-state index in [9.17, 15) is 10.1 Å². The summed E-state index contributed by atoms with van der Waals surface area (Å²) in [6.45, 7) is 6.17. The van der Waals surface area contributed by atoms with Gasteiger partial charge in [0.2, 0.25) is 5.91 Å². The lowest BCUT2D eigenvalue weighted by Crippen LogP contribution is -2.52. The third kappa shape index (κ3) is 2.37. The second kappa shape index (κ2) is 5.27. The summed E-state index contributed by atoms with van der Waals surface area (Å²) in [4.78, 5) is 14.6. The van der Waals surface area contributed by atoms with Gasteiger partial charge < -0.3 is 9.64 Å². The van der Waals surface area contributed by atoms with Gasteiger partial charge in [0.15, 0.2) is 0 Å². The Morgan fingerprint density at radius 2 is 2.06 bits per heavy atom. The highest BCUT2D eigenvalue weighted by atomic mass is 16.5. The van der Waals surface area contributed by atoms with Crippen LogP contribution in [0.1, 0.15) is 39.5 Å². The Morgan fingerprint density at radius 1 is 1.39 bits per heavy atom. The topological polar surface area (TPSA) is 53.3 Å². The molecule has 2 atom stereocenters. The molecule has 0 N–H and O–H groups in total. The fourth-order valence-electron chi connectivity index (χ4n) is 3.08. The summed E-state index contributed by atoms with van der Waals surface area (Å²) < 4.78 is 5.29. The molecular formula is C14H22N2O2. The van der Waals surface area contributed by atoms with Crippen LogP contribution in [0.3, 0.4) is 0 Å². The van der Waals surface area contributed by atoms with Gasteiger partial charge in [0.05, 0.1) is 6.07 Å². The van der Waals surface area contributed by atoms with E-state index in [-0.39, 0.29) is 11.9 Å². The number of likely N-dealkylation sites (tertiary alicyclic amines) is 1. The van der Waals surface area contributed by atoms with Crippen molar-refractivity contribution >= 4 is 5.91 Å². The van der Waals surface area contributed by atoms with E-state index < -0.39 is 5.41 Å². The third-order valence-corrected chi connectivity index (χ3v) is 4.37. The van der Waals surface area contributed by atoms with Gasteiger partial charge in [-0.05, 0) is 38.5 Å². The van der Waals surface area contributed by atoms with Crippen LogP contribution in [0.2, 0.25) is 0 Å². The van der Waals surface area contributed by atoms with E-state index in [4.69, 9.17) is 4.74 Å². The maximum absolute atomic E-state index is 12.7. The molecule has 2 aliphatic heterocycles. The molecule has 0 saturated carbocycles. The van der Waals surface area contributed by atoms with Crippen LogP contribution in [0.5, 0.6) is 0 Å². The first-order chi connectivity index (χ1) is 8.59. The zero-order valence-corrected chi connectivity index (χ0v) is 11.3. The van der Waals surface area contributed by atoms with E-state index in [2.05, 4.69) is 19.9 Å². The molecule has 2 fully saturated rings. The Hall–Kier alpha value is -1.08. The number of ether oxygens (including phenoxy) is 1. The number of carbonyl (C=O) groups excluding carboxylic acids is 1. The molecule has 0 aromatic rings. The molecule has 18 heavy (non-hydrogen) atoms. The average molecular weight is 250 g/mol. The van der Waals surface area contributed by atoms with Crippen molar-refractivity contribution in [2.24, 2.45) is 11.3 Å². The van der Waals surface area contributed by atoms with Crippen molar-refractivity contribution in [2.45, 2.75) is 45.6 Å². The molecule has 0 aliphatic carbocycles. The number of amides is 1. The SMILES string of the molecule is CC1CCN(C(=O)C2(C#N)CCOCC2)C(C)C1. The van der Waals surface area contributed by atoms with E-state index in [0.717, 1.165) is 19.4 Å². The van der Waals surface area contributed by atoms with E-state index in [1.807, 2.05) is 4.90 Å². The summed E-state index contributed by atoms with van der Waals surface area (Å²) in [6, 6.07) is 2.53. The maximum Gasteiger partial charge on any atom is 0.243 e. The molecule has 0 spiro atoms. The standard InChI is InChI=1S/C14H22N2O2/c1-11-3-6-16(12(2)9-11)13(17)14(10-15)4-7-18-8-5-14/h11-12H,3-9H2,1-2H3. The molecule has 100 valence electrons. The fourth-order valence-corrected chi connectivity index (χ4v) is 3.08. The van der Waals surface area contributed by atoms with Crippen molar-refractivity contribution in [3.05, 3.63) is 0 Å². The highest BCUT2D eigenvalue weighted by Crippen LogP contribution is 2.34. The molecule has 2 rings (SSSR count). The minimum Gasteiger partial charge on any atom is -0.381 e. The Kier molecular flexibility index (Phi) is 3.91. The number of piperidine rings is 1. The second-order valence-electron chi connectivity index (χ2n) is 5.78. The molecule has 4 nitrogen and oxygen atoms in total. The molecule has 2 unspecified atom stereocenters. The molecule has 2 heterocycles. The van der Waals surface area contributed by atoms with Crippen LogP contribution in [0.15, 0.2) is 0 Å². The molecular weight excluding hydrogens is 228 g/mol. The fraction of sp³-hybridized carbons (Fsp3) is 0.857. The van der Waals surface area contributed by atoms with Gasteiger partial charge in [0, 0.05) is 25.8 Å². The minimum atomic E-state index is -0.826. The second-order valence-corrected chi connectivity index (χ2v) is 5.78. The summed E-state index contributed by atoms with van der Waals surface area (Å²) >= 11 is 0. The van der Waals surface area contributed by atoms with E-state index in [0.29, 0.717) is 32.0 Å². The zero-order valence-electron chi connectivity index (χ0n) is 11.3. The van der Waals surface area contributed by atoms with Gasteiger partial charge in [0.25, 0.3) is 0 Å². The van der Waals surface area contributed by atoms with Gasteiger partial charge in [-0.2, -0.15) is 5.26 Å². The monoisotopic (exact) mass is 250 g/mol. The Bertz CT molecular complexity index is 355. The van der Waals surface area contributed by atoms with E-state index in [1.54, 1.807) is 0 Å². The maximum atomic E-state index is 12.7. The molecule has 4 heteroatoms. The summed E-state index contributed by atoms with van der Waals surface area (Å²) in [5, 5.41) is 9.43. The van der Waals surface area contributed by atoms with Gasteiger partial charge in [-0.25, -0.2) is 0 Å². The Labute approximate surface area is 109 Å². The lowest BCUT2D eigenvalue weighted by Gasteiger charge is -2.41. The molecule has 2 aliphatic rings. The lowest BCUT2D eigenvalue weighted by molar-refractivity contribution is -0.147. The molecule has 2 saturated heterocycles. The first-order valence-electron chi connectivity index (χ1n) is 6.89. The van der Waals surface area contributed by atoms with Crippen molar-refractivity contribution in [1.82, 2.24) is 4.90 Å². The molecule has 0 radical (unpaired) electrons. The van der Waals surface area contributed by atoms with Gasteiger partial charge in [-0.1, -0.05) is 6.92 Å². The van der Waals surface area contributed by atoms with Crippen LogP contribution in [0.4, 0.5) is 0 Å². The summed E-state index contributed by atoms with van der Waals surface area (Å²) in [5.41, 5.74) is -0.826. The van der Waals surface area contributed by atoms with Crippen LogP contribution in [0.25, 0.3) is 0 Å². The smallest absolute Gasteiger partial charge is 0.243 e. The summed E-state index contributed by atoms with van der Waals surface area (Å²) in [5.74, 6) is 0.712. The van der Waals surface area contributed by atoms with Gasteiger partial charge in [-0.3, -0.25) is 4.79 Å². The largest absolute Gasteiger partial charge is 0.381 e. The summed E-state index contributed by atoms with van der Waals surface area (Å²) in [6.07, 6.45) is 3.18. The number of carbonyl (C=O) groups is 1. The quantitative estimate of drug-likeness (QED) is 0.714. The van der Waals surface area contributed by atoms with Crippen LogP contribution in [0, 0.1) is 22.7 Å². The first kappa shape index (κ1) is 13.4. The van der Waals surface area contributed by atoms with Crippen LogP contribution >= 0.6 is 0 Å². The Balaban J connectivity index is 2.12. The predicted molar refractivity (Wildman–Crippen MR) is 67.7 cm³/mol. The normalized spacial score (nSPS) is 31.7. The minimum absolute atomic E-state index is 0.0349. The van der Waals surface area contributed by atoms with E-state index in [1.165, 1.54) is 0 Å². The van der Waals surface area contributed by atoms with E-state index >= 15 is 0 Å². The van der Waals surface area contributed by atoms with Crippen molar-refractivity contribution in [3.63, 3.8) is 0 Å². The van der Waals surface area contributed by atoms with Gasteiger partial charge in [-0.15, -0.1) is 0 Å². The number of rotatable bonds is 1. The first-order valence-corrected chi connectivity index (χ1v) is 6.89. The highest BCUT2D eigenvalue weighted by molar-refractivity contribution is 5.86. The highest BCUT2D eigenvalue weighted by Gasteiger charge is 2.44. The number of hydrogen-bond donors (Lipinski definition) is 0. The number of hydrogen-bond acceptors (Lipinski definition) is 3. The van der Waals surface area contributed by atoms with Crippen LogP contribution in [-0.2, 0) is 9.53 Å². The van der Waals surface area contributed by atoms with Crippen LogP contribution in [-0.4, -0.2) is 36.6 Å². The zero-order chi connectivity index (χ0) is 13.2. The van der Waals surface area contributed by atoms with Crippen molar-refractivity contribution < 1.29 is 9.53 Å². The van der Waals surface area contributed by atoms with Crippen molar-refractivity contribution in [1.29, 1.82) is 5.26 Å². The van der Waals surface area contributed by atoms with Crippen molar-refractivity contribution in [3.8, 4) is 6.07 Å². The number of nitriles is 1. The summed E-state index contributed by atoms with van der Waals surface area (Å²) in [7, 11) is 0. The van der Waals surface area contributed by atoms with Gasteiger partial charge in [0.1, 0.15) is 5.41 Å². The van der Waals surface area contributed by atoms with Gasteiger partial charge >= 0.3 is 0 Å². The molecule has 1 amide bonds. The average Bonchev–Trinajstić information content (AvgIpc) is 2.39. The lowest BCUT2D eigenvalue weighted by atomic mass is 9.79. The van der Waals surface area contributed by atoms with Crippen molar-refractivity contribution in [2.75, 3.05) is 19.8 Å². The molecule has 0 aromatic carbocycles. The Morgan fingerprint density at radius 3 is 2.61 bits per heavy atom. The molecule has 0 bridgehead atoms. The number of nitrogens with zero attached hydrogens (tertiary/aromatic N) is 2. The van der Waals surface area contributed by atoms with Crippen LogP contribution < -0.4 is 0 Å². The molecule has 0 aromatic heterocycles.